The summed E-state index contributed by atoms with van der Waals surface area (Å²) in [6, 6.07) is 0. The van der Waals surface area contributed by atoms with Gasteiger partial charge in [-0.3, -0.25) is 0 Å². The largest absolute Gasteiger partial charge is 0.330 e. The molecular formula is C15H25N. The number of hydrogen-bond acceptors (Lipinski definition) is 1. The average molecular weight is 219 g/mol. The minimum atomic E-state index is 0.807. The first-order valence-electron chi connectivity index (χ1n) is 6.26. The third kappa shape index (κ3) is 2.46. The molecule has 0 aliphatic rings. The van der Waals surface area contributed by atoms with E-state index in [9.17, 15) is 0 Å². The van der Waals surface area contributed by atoms with Crippen LogP contribution in [0.1, 0.15) is 46.2 Å². The number of rotatable bonds is 4. The summed E-state index contributed by atoms with van der Waals surface area (Å²) < 4.78 is 0. The zero-order valence-electron chi connectivity index (χ0n) is 11.4. The highest BCUT2D eigenvalue weighted by Crippen LogP contribution is 2.27. The molecule has 0 aromatic heterocycles. The van der Waals surface area contributed by atoms with Crippen molar-refractivity contribution in [2.45, 2.75) is 53.9 Å². The first-order chi connectivity index (χ1) is 7.50. The Morgan fingerprint density at radius 1 is 0.688 bits per heavy atom. The Kier molecular flexibility index (Phi) is 4.55. The van der Waals surface area contributed by atoms with E-state index in [2.05, 4.69) is 34.6 Å². The SMILES string of the molecule is Cc1c(C)c(C)c(CCCCN)c(C)c1C. The fourth-order valence-corrected chi connectivity index (χ4v) is 2.40. The van der Waals surface area contributed by atoms with Crippen LogP contribution in [0.25, 0.3) is 0 Å². The van der Waals surface area contributed by atoms with Gasteiger partial charge in [0, 0.05) is 0 Å². The number of hydrogen-bond donors (Lipinski definition) is 1. The first kappa shape index (κ1) is 13.2. The van der Waals surface area contributed by atoms with Gasteiger partial charge in [-0.1, -0.05) is 0 Å². The summed E-state index contributed by atoms with van der Waals surface area (Å²) in [5, 5.41) is 0. The van der Waals surface area contributed by atoms with Gasteiger partial charge in [0.2, 0.25) is 0 Å². The van der Waals surface area contributed by atoms with Gasteiger partial charge in [0.1, 0.15) is 0 Å². The Hall–Kier alpha value is -0.820. The third-order valence-electron chi connectivity index (χ3n) is 4.04. The Bertz CT molecular complexity index is 349. The molecule has 0 aliphatic heterocycles. The van der Waals surface area contributed by atoms with Crippen LogP contribution in [-0.4, -0.2) is 6.54 Å². The number of benzene rings is 1. The molecule has 0 heterocycles. The van der Waals surface area contributed by atoms with E-state index >= 15 is 0 Å². The van der Waals surface area contributed by atoms with Crippen molar-refractivity contribution in [3.05, 3.63) is 33.4 Å². The van der Waals surface area contributed by atoms with Crippen molar-refractivity contribution in [3.8, 4) is 0 Å². The van der Waals surface area contributed by atoms with E-state index in [4.69, 9.17) is 5.73 Å². The first-order valence-corrected chi connectivity index (χ1v) is 6.26. The fraction of sp³-hybridized carbons (Fsp3) is 0.600. The highest BCUT2D eigenvalue weighted by atomic mass is 14.5. The van der Waals surface area contributed by atoms with E-state index in [1.807, 2.05) is 0 Å². The highest BCUT2D eigenvalue weighted by molar-refractivity contribution is 5.49. The lowest BCUT2D eigenvalue weighted by Crippen LogP contribution is -2.04. The van der Waals surface area contributed by atoms with Crippen molar-refractivity contribution in [2.24, 2.45) is 5.73 Å². The molecular weight excluding hydrogens is 194 g/mol. The van der Waals surface area contributed by atoms with Gasteiger partial charge < -0.3 is 5.73 Å². The lowest BCUT2D eigenvalue weighted by molar-refractivity contribution is 0.738. The fourth-order valence-electron chi connectivity index (χ4n) is 2.40. The van der Waals surface area contributed by atoms with Gasteiger partial charge >= 0.3 is 0 Å². The molecule has 1 aromatic carbocycles. The van der Waals surface area contributed by atoms with Crippen LogP contribution in [0.15, 0.2) is 0 Å². The van der Waals surface area contributed by atoms with Crippen molar-refractivity contribution in [3.63, 3.8) is 0 Å². The van der Waals surface area contributed by atoms with Crippen molar-refractivity contribution in [1.82, 2.24) is 0 Å². The molecule has 0 fully saturated rings. The molecule has 0 spiro atoms. The molecule has 0 bridgehead atoms. The number of nitrogens with two attached hydrogens (primary N) is 1. The molecule has 0 saturated heterocycles. The average Bonchev–Trinajstić information content (AvgIpc) is 2.28. The molecule has 0 atom stereocenters. The smallest absolute Gasteiger partial charge is 0.00772 e. The summed E-state index contributed by atoms with van der Waals surface area (Å²) in [6.07, 6.45) is 3.52. The minimum absolute atomic E-state index is 0.807. The van der Waals surface area contributed by atoms with E-state index < -0.39 is 0 Å². The zero-order chi connectivity index (χ0) is 12.3. The summed E-state index contributed by atoms with van der Waals surface area (Å²) in [5.41, 5.74) is 14.5. The molecule has 0 saturated carbocycles. The van der Waals surface area contributed by atoms with Crippen LogP contribution in [-0.2, 0) is 6.42 Å². The highest BCUT2D eigenvalue weighted by Gasteiger charge is 2.11. The monoisotopic (exact) mass is 219 g/mol. The molecule has 16 heavy (non-hydrogen) atoms. The Morgan fingerprint density at radius 2 is 1.12 bits per heavy atom. The molecule has 1 rings (SSSR count). The second-order valence-corrected chi connectivity index (χ2v) is 4.85. The molecule has 0 radical (unpaired) electrons. The van der Waals surface area contributed by atoms with Crippen LogP contribution >= 0.6 is 0 Å². The maximum absolute atomic E-state index is 5.55. The van der Waals surface area contributed by atoms with Gasteiger partial charge in [0.15, 0.2) is 0 Å². The lowest BCUT2D eigenvalue weighted by atomic mass is 9.87. The Balaban J connectivity index is 3.08. The van der Waals surface area contributed by atoms with Crippen molar-refractivity contribution in [1.29, 1.82) is 0 Å². The minimum Gasteiger partial charge on any atom is -0.330 e. The van der Waals surface area contributed by atoms with Crippen molar-refractivity contribution in [2.75, 3.05) is 6.54 Å². The van der Waals surface area contributed by atoms with Crippen LogP contribution in [0, 0.1) is 34.6 Å². The summed E-state index contributed by atoms with van der Waals surface area (Å²) in [6.45, 7) is 12.0. The predicted octanol–water partition coefficient (Wildman–Crippen LogP) is 3.51. The second kappa shape index (κ2) is 5.49. The second-order valence-electron chi connectivity index (χ2n) is 4.85. The molecule has 2 N–H and O–H groups in total. The van der Waals surface area contributed by atoms with Crippen LogP contribution < -0.4 is 5.73 Å². The van der Waals surface area contributed by atoms with Gasteiger partial charge in [-0.2, -0.15) is 0 Å². The van der Waals surface area contributed by atoms with Crippen molar-refractivity contribution < 1.29 is 0 Å². The predicted molar refractivity (Wildman–Crippen MR) is 72.1 cm³/mol. The molecule has 1 heteroatoms. The topological polar surface area (TPSA) is 26.0 Å². The normalized spacial score (nSPS) is 10.9. The summed E-state index contributed by atoms with van der Waals surface area (Å²) in [4.78, 5) is 0. The van der Waals surface area contributed by atoms with Gasteiger partial charge in [-0.05, 0) is 93.8 Å². The molecule has 90 valence electrons. The quantitative estimate of drug-likeness (QED) is 0.771. The zero-order valence-corrected chi connectivity index (χ0v) is 11.4. The summed E-state index contributed by atoms with van der Waals surface area (Å²) in [7, 11) is 0. The maximum Gasteiger partial charge on any atom is -0.00772 e. The maximum atomic E-state index is 5.55. The van der Waals surface area contributed by atoms with Crippen LogP contribution in [0.4, 0.5) is 0 Å². The summed E-state index contributed by atoms with van der Waals surface area (Å²) >= 11 is 0. The molecule has 0 unspecified atom stereocenters. The van der Waals surface area contributed by atoms with E-state index in [1.165, 1.54) is 40.7 Å². The third-order valence-corrected chi connectivity index (χ3v) is 4.04. The van der Waals surface area contributed by atoms with Crippen LogP contribution in [0.2, 0.25) is 0 Å². The van der Waals surface area contributed by atoms with Gasteiger partial charge in [0.25, 0.3) is 0 Å². The molecule has 1 nitrogen and oxygen atoms in total. The van der Waals surface area contributed by atoms with E-state index in [0.717, 1.165) is 13.0 Å². The van der Waals surface area contributed by atoms with Gasteiger partial charge in [0.05, 0.1) is 0 Å². The lowest BCUT2D eigenvalue weighted by Gasteiger charge is -2.18. The van der Waals surface area contributed by atoms with Crippen molar-refractivity contribution >= 4 is 0 Å². The Labute approximate surface area is 100 Å². The Morgan fingerprint density at radius 3 is 1.56 bits per heavy atom. The number of unbranched alkanes of at least 4 members (excludes halogenated alkanes) is 1. The van der Waals surface area contributed by atoms with E-state index in [1.54, 1.807) is 5.56 Å². The molecule has 1 aromatic rings. The van der Waals surface area contributed by atoms with E-state index in [-0.39, 0.29) is 0 Å². The van der Waals surface area contributed by atoms with Gasteiger partial charge in [-0.25, -0.2) is 0 Å². The van der Waals surface area contributed by atoms with Gasteiger partial charge in [-0.15, -0.1) is 0 Å². The standard InChI is InChI=1S/C15H25N/c1-10-11(2)13(4)15(8-6-7-9-16)14(5)12(10)3/h6-9,16H2,1-5H3. The molecule has 0 amide bonds. The summed E-state index contributed by atoms with van der Waals surface area (Å²) in [5.74, 6) is 0. The van der Waals surface area contributed by atoms with Crippen LogP contribution in [0.3, 0.4) is 0 Å². The van der Waals surface area contributed by atoms with E-state index in [0.29, 0.717) is 0 Å². The van der Waals surface area contributed by atoms with Crippen LogP contribution in [0.5, 0.6) is 0 Å². The molecule has 0 aliphatic carbocycles.